The van der Waals surface area contributed by atoms with Crippen LogP contribution in [0.4, 0.5) is 0 Å². The number of hydrogen-bond donors (Lipinski definition) is 1. The molecule has 0 fully saturated rings. The average Bonchev–Trinajstić information content (AvgIpc) is 3.55. The summed E-state index contributed by atoms with van der Waals surface area (Å²) in [6.45, 7) is 3.70. The molecule has 1 amide bonds. The van der Waals surface area contributed by atoms with Gasteiger partial charge in [-0.15, -0.1) is 0 Å². The zero-order valence-electron chi connectivity index (χ0n) is 20.3. The van der Waals surface area contributed by atoms with Crippen molar-refractivity contribution in [2.24, 2.45) is 0 Å². The molecule has 1 aliphatic heterocycles. The molecule has 0 unspecified atom stereocenters. The van der Waals surface area contributed by atoms with E-state index in [0.29, 0.717) is 13.0 Å². The van der Waals surface area contributed by atoms with Gasteiger partial charge in [-0.05, 0) is 31.0 Å². The summed E-state index contributed by atoms with van der Waals surface area (Å²) in [4.78, 5) is 17.5. The second-order valence-corrected chi connectivity index (χ2v) is 9.55. The van der Waals surface area contributed by atoms with E-state index in [4.69, 9.17) is 14.5 Å². The van der Waals surface area contributed by atoms with E-state index in [9.17, 15) is 4.79 Å². The summed E-state index contributed by atoms with van der Waals surface area (Å²) in [5.41, 5.74) is 5.38. The van der Waals surface area contributed by atoms with Gasteiger partial charge in [-0.25, -0.2) is 4.98 Å². The van der Waals surface area contributed by atoms with Crippen molar-refractivity contribution in [3.05, 3.63) is 84.4 Å². The summed E-state index contributed by atoms with van der Waals surface area (Å²) < 4.78 is 13.0. The fraction of sp³-hybridized carbons (Fsp3) is 0.241. The third-order valence-electron chi connectivity index (χ3n) is 6.05. The number of aromatic nitrogens is 2. The molecule has 0 bridgehead atoms. The summed E-state index contributed by atoms with van der Waals surface area (Å²) in [6, 6.07) is 26.5. The first-order valence-corrected chi connectivity index (χ1v) is 13.2. The maximum Gasteiger partial charge on any atom is 0.231 e. The van der Waals surface area contributed by atoms with Crippen LogP contribution in [0.3, 0.4) is 0 Å². The molecule has 7 heteroatoms. The van der Waals surface area contributed by atoms with Gasteiger partial charge in [0, 0.05) is 36.4 Å². The molecule has 3 aromatic carbocycles. The van der Waals surface area contributed by atoms with Gasteiger partial charge in [0.1, 0.15) is 0 Å². The van der Waals surface area contributed by atoms with Gasteiger partial charge in [0.05, 0.1) is 11.4 Å². The predicted molar refractivity (Wildman–Crippen MR) is 143 cm³/mol. The van der Waals surface area contributed by atoms with Gasteiger partial charge in [0.25, 0.3) is 0 Å². The van der Waals surface area contributed by atoms with Crippen molar-refractivity contribution in [3.8, 4) is 34.0 Å². The molecule has 0 saturated carbocycles. The summed E-state index contributed by atoms with van der Waals surface area (Å²) in [6.07, 6.45) is 1.25. The topological polar surface area (TPSA) is 65.4 Å². The minimum absolute atomic E-state index is 0.0436. The van der Waals surface area contributed by atoms with Gasteiger partial charge in [0.15, 0.2) is 16.7 Å². The molecule has 1 aliphatic rings. The number of nitrogens with one attached hydrogen (secondary N) is 1. The zero-order chi connectivity index (χ0) is 24.7. The summed E-state index contributed by atoms with van der Waals surface area (Å²) in [7, 11) is 0. The van der Waals surface area contributed by atoms with Gasteiger partial charge in [-0.3, -0.25) is 4.79 Å². The number of benzene rings is 3. The van der Waals surface area contributed by atoms with Crippen molar-refractivity contribution < 1.29 is 14.3 Å². The number of carbonyl (C=O) groups is 1. The van der Waals surface area contributed by atoms with E-state index < -0.39 is 0 Å². The second-order valence-electron chi connectivity index (χ2n) is 8.48. The lowest BCUT2D eigenvalue weighted by Crippen LogP contribution is -2.22. The molecular weight excluding hydrogens is 470 g/mol. The Labute approximate surface area is 215 Å². The van der Waals surface area contributed by atoms with E-state index in [1.54, 1.807) is 11.8 Å². The number of carbonyl (C=O) groups excluding carboxylic acids is 1. The maximum absolute atomic E-state index is 12.4. The number of amides is 1. The van der Waals surface area contributed by atoms with Crippen molar-refractivity contribution in [2.75, 3.05) is 12.5 Å². The molecule has 1 aromatic heterocycles. The molecule has 6 nitrogen and oxygen atoms in total. The maximum atomic E-state index is 12.4. The molecule has 0 atom stereocenters. The van der Waals surface area contributed by atoms with Crippen LogP contribution in [0.1, 0.15) is 25.3 Å². The van der Waals surface area contributed by atoms with Crippen LogP contribution in [0.5, 0.6) is 11.5 Å². The zero-order valence-corrected chi connectivity index (χ0v) is 21.1. The standard InChI is InChI=1S/C29H29N3O3S/c1-2-32-28(23-12-7-4-8-13-23)27(22-10-5-3-6-11-22)31-29(32)36-17-9-14-26(33)30-19-21-15-16-24-25(18-21)35-20-34-24/h3-8,10-13,15-16,18H,2,9,14,17,19-20H2,1H3,(H,30,33). The first-order chi connectivity index (χ1) is 17.7. The van der Waals surface area contributed by atoms with Crippen molar-refractivity contribution >= 4 is 17.7 Å². The molecule has 5 rings (SSSR count). The van der Waals surface area contributed by atoms with Crippen LogP contribution in [-0.4, -0.2) is 28.0 Å². The Morgan fingerprint density at radius 2 is 1.69 bits per heavy atom. The number of nitrogens with zero attached hydrogens (tertiary/aromatic N) is 2. The Balaban J connectivity index is 1.21. The average molecular weight is 500 g/mol. The van der Waals surface area contributed by atoms with E-state index in [0.717, 1.165) is 63.5 Å². The van der Waals surface area contributed by atoms with Gasteiger partial charge in [-0.2, -0.15) is 0 Å². The second kappa shape index (κ2) is 11.4. The number of hydrogen-bond acceptors (Lipinski definition) is 5. The summed E-state index contributed by atoms with van der Waals surface area (Å²) in [5, 5.41) is 3.98. The van der Waals surface area contributed by atoms with Crippen molar-refractivity contribution in [1.29, 1.82) is 0 Å². The Kier molecular flexibility index (Phi) is 7.57. The van der Waals surface area contributed by atoms with Crippen LogP contribution in [0.15, 0.2) is 84.0 Å². The Hall–Kier alpha value is -3.71. The molecule has 4 aromatic rings. The lowest BCUT2D eigenvalue weighted by atomic mass is 10.0. The predicted octanol–water partition coefficient (Wildman–Crippen LogP) is 6.15. The monoisotopic (exact) mass is 499 g/mol. The van der Waals surface area contributed by atoms with E-state index in [2.05, 4.69) is 53.2 Å². The molecule has 0 spiro atoms. The highest BCUT2D eigenvalue weighted by molar-refractivity contribution is 7.99. The van der Waals surface area contributed by atoms with Crippen LogP contribution in [-0.2, 0) is 17.9 Å². The van der Waals surface area contributed by atoms with Gasteiger partial charge in [-0.1, -0.05) is 78.5 Å². The van der Waals surface area contributed by atoms with Crippen molar-refractivity contribution in [3.63, 3.8) is 0 Å². The molecule has 36 heavy (non-hydrogen) atoms. The molecule has 0 saturated heterocycles. The largest absolute Gasteiger partial charge is 0.454 e. The molecule has 1 N–H and O–H groups in total. The highest BCUT2D eigenvalue weighted by Gasteiger charge is 2.19. The molecule has 0 aliphatic carbocycles. The van der Waals surface area contributed by atoms with Crippen molar-refractivity contribution in [1.82, 2.24) is 14.9 Å². The fourth-order valence-electron chi connectivity index (χ4n) is 4.26. The molecular formula is C29H29N3O3S. The van der Waals surface area contributed by atoms with Crippen LogP contribution >= 0.6 is 11.8 Å². The quantitative estimate of drug-likeness (QED) is 0.209. The lowest BCUT2D eigenvalue weighted by Gasteiger charge is -2.11. The first-order valence-electron chi connectivity index (χ1n) is 12.2. The van der Waals surface area contributed by atoms with E-state index >= 15 is 0 Å². The summed E-state index contributed by atoms with van der Waals surface area (Å²) in [5.74, 6) is 2.34. The minimum Gasteiger partial charge on any atom is -0.454 e. The Morgan fingerprint density at radius 3 is 2.44 bits per heavy atom. The van der Waals surface area contributed by atoms with E-state index in [1.807, 2.05) is 42.5 Å². The molecule has 2 heterocycles. The number of ether oxygens (including phenoxy) is 2. The Bertz CT molecular complexity index is 1320. The normalized spacial score (nSPS) is 12.0. The van der Waals surface area contributed by atoms with Crippen LogP contribution in [0.25, 0.3) is 22.5 Å². The highest BCUT2D eigenvalue weighted by Crippen LogP contribution is 2.36. The van der Waals surface area contributed by atoms with Crippen LogP contribution in [0.2, 0.25) is 0 Å². The van der Waals surface area contributed by atoms with Gasteiger partial charge >= 0.3 is 0 Å². The number of fused-ring (bicyclic) bond motifs is 1. The summed E-state index contributed by atoms with van der Waals surface area (Å²) >= 11 is 1.71. The smallest absolute Gasteiger partial charge is 0.231 e. The number of rotatable bonds is 10. The first kappa shape index (κ1) is 24.0. The molecule has 0 radical (unpaired) electrons. The van der Waals surface area contributed by atoms with Crippen molar-refractivity contribution in [2.45, 2.75) is 38.0 Å². The van der Waals surface area contributed by atoms with Crippen LogP contribution in [0, 0.1) is 0 Å². The van der Waals surface area contributed by atoms with E-state index in [-0.39, 0.29) is 12.7 Å². The number of thioether (sulfide) groups is 1. The third kappa shape index (κ3) is 5.41. The van der Waals surface area contributed by atoms with Gasteiger partial charge < -0.3 is 19.4 Å². The lowest BCUT2D eigenvalue weighted by molar-refractivity contribution is -0.121. The Morgan fingerprint density at radius 1 is 0.972 bits per heavy atom. The van der Waals surface area contributed by atoms with Gasteiger partial charge in [0.2, 0.25) is 12.7 Å². The number of imidazole rings is 1. The molecule has 184 valence electrons. The minimum atomic E-state index is 0.0436. The third-order valence-corrected chi connectivity index (χ3v) is 7.11. The van der Waals surface area contributed by atoms with Crippen LogP contribution < -0.4 is 14.8 Å². The highest BCUT2D eigenvalue weighted by atomic mass is 32.2. The SMILES string of the molecule is CCn1c(SCCCC(=O)NCc2ccc3c(c2)OCO3)nc(-c2ccccc2)c1-c1ccccc1. The fourth-order valence-corrected chi connectivity index (χ4v) is 5.26. The van der Waals surface area contributed by atoms with E-state index in [1.165, 1.54) is 0 Å².